The minimum absolute atomic E-state index is 0.147. The van der Waals surface area contributed by atoms with Crippen LogP contribution in [0.2, 0.25) is 0 Å². The summed E-state index contributed by atoms with van der Waals surface area (Å²) in [4.78, 5) is 18.9. The third kappa shape index (κ3) is 4.30. The van der Waals surface area contributed by atoms with Gasteiger partial charge in [-0.25, -0.2) is 4.68 Å². The van der Waals surface area contributed by atoms with Gasteiger partial charge in [0.2, 0.25) is 0 Å². The van der Waals surface area contributed by atoms with Crippen molar-refractivity contribution in [2.75, 3.05) is 14.1 Å². The Kier molecular flexibility index (Phi) is 5.20. The van der Waals surface area contributed by atoms with Crippen LogP contribution in [0, 0.1) is 0 Å². The molecule has 25 heavy (non-hydrogen) atoms. The molecule has 1 aromatic carbocycles. The van der Waals surface area contributed by atoms with Crippen molar-refractivity contribution in [3.05, 3.63) is 77.9 Å². The smallest absolute Gasteiger partial charge is 0.253 e. The second kappa shape index (κ2) is 7.72. The summed E-state index contributed by atoms with van der Waals surface area (Å²) in [5.74, 6) is -0.147. The molecule has 6 heteroatoms. The topological polar surface area (TPSA) is 63.1 Å². The van der Waals surface area contributed by atoms with Crippen LogP contribution in [0.5, 0.6) is 0 Å². The van der Waals surface area contributed by atoms with Crippen molar-refractivity contribution < 1.29 is 4.79 Å². The molecule has 1 N–H and O–H groups in total. The first-order valence-corrected chi connectivity index (χ1v) is 8.09. The highest BCUT2D eigenvalue weighted by atomic mass is 16.1. The molecule has 0 bridgehead atoms. The van der Waals surface area contributed by atoms with Crippen LogP contribution in [0.1, 0.15) is 21.6 Å². The van der Waals surface area contributed by atoms with E-state index in [0.717, 1.165) is 23.5 Å². The Bertz CT molecular complexity index is 842. The lowest BCUT2D eigenvalue weighted by atomic mass is 10.1. The molecular weight excluding hydrogens is 314 g/mol. The van der Waals surface area contributed by atoms with Gasteiger partial charge in [0.05, 0.1) is 29.7 Å². The van der Waals surface area contributed by atoms with E-state index in [9.17, 15) is 4.79 Å². The Morgan fingerprint density at radius 1 is 1.16 bits per heavy atom. The Morgan fingerprint density at radius 2 is 1.96 bits per heavy atom. The number of nitrogens with one attached hydrogen (secondary N) is 1. The number of carbonyl (C=O) groups is 1. The fourth-order valence-electron chi connectivity index (χ4n) is 2.57. The average Bonchev–Trinajstić information content (AvgIpc) is 3.08. The van der Waals surface area contributed by atoms with Crippen LogP contribution < -0.4 is 5.32 Å². The first kappa shape index (κ1) is 16.9. The van der Waals surface area contributed by atoms with Gasteiger partial charge in [-0.2, -0.15) is 5.10 Å². The molecule has 0 saturated heterocycles. The monoisotopic (exact) mass is 335 g/mol. The van der Waals surface area contributed by atoms with E-state index in [4.69, 9.17) is 0 Å². The lowest BCUT2D eigenvalue weighted by Gasteiger charge is -2.10. The first-order valence-electron chi connectivity index (χ1n) is 8.09. The molecule has 6 nitrogen and oxygen atoms in total. The van der Waals surface area contributed by atoms with Crippen LogP contribution in [0.25, 0.3) is 5.69 Å². The van der Waals surface area contributed by atoms with E-state index >= 15 is 0 Å². The van der Waals surface area contributed by atoms with Gasteiger partial charge in [-0.15, -0.1) is 0 Å². The predicted molar refractivity (Wildman–Crippen MR) is 96.4 cm³/mol. The number of pyridine rings is 1. The van der Waals surface area contributed by atoms with Gasteiger partial charge in [0.1, 0.15) is 0 Å². The summed E-state index contributed by atoms with van der Waals surface area (Å²) >= 11 is 0. The maximum atomic E-state index is 12.6. The number of carbonyl (C=O) groups excluding carboxylic acids is 1. The average molecular weight is 335 g/mol. The van der Waals surface area contributed by atoms with E-state index in [1.54, 1.807) is 16.9 Å². The SMILES string of the molecule is CN(C)Cc1cnn(-c2ccccc2C(=O)NCc2ccccn2)c1. The number of nitrogens with zero attached hydrogens (tertiary/aromatic N) is 4. The predicted octanol–water partition coefficient (Wildman–Crippen LogP) is 2.26. The molecule has 128 valence electrons. The lowest BCUT2D eigenvalue weighted by molar-refractivity contribution is 0.0950. The van der Waals surface area contributed by atoms with E-state index in [1.165, 1.54) is 0 Å². The second-order valence-corrected chi connectivity index (χ2v) is 6.05. The molecule has 3 rings (SSSR count). The third-order valence-corrected chi connectivity index (χ3v) is 3.69. The molecule has 0 spiro atoms. The summed E-state index contributed by atoms with van der Waals surface area (Å²) in [5, 5.41) is 7.31. The van der Waals surface area contributed by atoms with E-state index in [0.29, 0.717) is 12.1 Å². The molecular formula is C19H21N5O. The Balaban J connectivity index is 1.78. The molecule has 2 heterocycles. The van der Waals surface area contributed by atoms with Gasteiger partial charge in [-0.05, 0) is 38.4 Å². The number of aromatic nitrogens is 3. The van der Waals surface area contributed by atoms with E-state index in [1.807, 2.05) is 62.9 Å². The van der Waals surface area contributed by atoms with Crippen molar-refractivity contribution >= 4 is 5.91 Å². The summed E-state index contributed by atoms with van der Waals surface area (Å²) in [5.41, 5.74) is 3.25. The van der Waals surface area contributed by atoms with Crippen molar-refractivity contribution in [2.24, 2.45) is 0 Å². The minimum Gasteiger partial charge on any atom is -0.346 e. The maximum absolute atomic E-state index is 12.6. The number of benzene rings is 1. The highest BCUT2D eigenvalue weighted by molar-refractivity contribution is 5.97. The third-order valence-electron chi connectivity index (χ3n) is 3.69. The van der Waals surface area contributed by atoms with Crippen LogP contribution in [-0.4, -0.2) is 39.7 Å². The van der Waals surface area contributed by atoms with Crippen LogP contribution in [0.4, 0.5) is 0 Å². The Morgan fingerprint density at radius 3 is 2.72 bits per heavy atom. The normalized spacial score (nSPS) is 10.8. The summed E-state index contributed by atoms with van der Waals surface area (Å²) in [7, 11) is 4.02. The zero-order valence-corrected chi connectivity index (χ0v) is 14.4. The summed E-state index contributed by atoms with van der Waals surface area (Å²) in [6, 6.07) is 13.1. The number of amides is 1. The molecule has 0 fully saturated rings. The second-order valence-electron chi connectivity index (χ2n) is 6.05. The number of para-hydroxylation sites is 1. The fourth-order valence-corrected chi connectivity index (χ4v) is 2.57. The van der Waals surface area contributed by atoms with Gasteiger partial charge in [0.25, 0.3) is 5.91 Å². The summed E-state index contributed by atoms with van der Waals surface area (Å²) < 4.78 is 1.74. The van der Waals surface area contributed by atoms with Crippen molar-refractivity contribution in [3.63, 3.8) is 0 Å². The van der Waals surface area contributed by atoms with Crippen LogP contribution >= 0.6 is 0 Å². The molecule has 0 saturated carbocycles. The van der Waals surface area contributed by atoms with Gasteiger partial charge in [-0.1, -0.05) is 18.2 Å². The molecule has 3 aromatic rings. The van der Waals surface area contributed by atoms with E-state index in [2.05, 4.69) is 20.3 Å². The fraction of sp³-hybridized carbons (Fsp3) is 0.211. The molecule has 0 radical (unpaired) electrons. The quantitative estimate of drug-likeness (QED) is 0.750. The largest absolute Gasteiger partial charge is 0.346 e. The zero-order valence-electron chi connectivity index (χ0n) is 14.4. The van der Waals surface area contributed by atoms with Gasteiger partial charge >= 0.3 is 0 Å². The van der Waals surface area contributed by atoms with Crippen molar-refractivity contribution in [2.45, 2.75) is 13.1 Å². The first-order chi connectivity index (χ1) is 12.1. The molecule has 0 aliphatic rings. The number of hydrogen-bond donors (Lipinski definition) is 1. The van der Waals surface area contributed by atoms with E-state index in [-0.39, 0.29) is 5.91 Å². The minimum atomic E-state index is -0.147. The standard InChI is InChI=1S/C19H21N5O/c1-23(2)13-15-11-22-24(14-15)18-9-4-3-8-17(18)19(25)21-12-16-7-5-6-10-20-16/h3-11,14H,12-13H2,1-2H3,(H,21,25). The van der Waals surface area contributed by atoms with E-state index < -0.39 is 0 Å². The highest BCUT2D eigenvalue weighted by Crippen LogP contribution is 2.15. The Hall–Kier alpha value is -2.99. The van der Waals surface area contributed by atoms with Gasteiger partial charge in [0, 0.05) is 24.5 Å². The van der Waals surface area contributed by atoms with Crippen molar-refractivity contribution in [3.8, 4) is 5.69 Å². The molecule has 0 atom stereocenters. The summed E-state index contributed by atoms with van der Waals surface area (Å²) in [6.45, 7) is 1.19. The van der Waals surface area contributed by atoms with Crippen LogP contribution in [0.15, 0.2) is 61.1 Å². The van der Waals surface area contributed by atoms with Gasteiger partial charge in [-0.3, -0.25) is 9.78 Å². The lowest BCUT2D eigenvalue weighted by Crippen LogP contribution is -2.24. The zero-order chi connectivity index (χ0) is 17.6. The van der Waals surface area contributed by atoms with Crippen molar-refractivity contribution in [1.29, 1.82) is 0 Å². The van der Waals surface area contributed by atoms with Crippen LogP contribution in [-0.2, 0) is 13.1 Å². The molecule has 0 aliphatic carbocycles. The van der Waals surface area contributed by atoms with Crippen LogP contribution in [0.3, 0.4) is 0 Å². The maximum Gasteiger partial charge on any atom is 0.253 e. The molecule has 0 aliphatic heterocycles. The Labute approximate surface area is 147 Å². The summed E-state index contributed by atoms with van der Waals surface area (Å²) in [6.07, 6.45) is 5.49. The van der Waals surface area contributed by atoms with Gasteiger partial charge in [0.15, 0.2) is 0 Å². The molecule has 2 aromatic heterocycles. The number of rotatable bonds is 6. The van der Waals surface area contributed by atoms with Gasteiger partial charge < -0.3 is 10.2 Å². The molecule has 0 unspecified atom stereocenters. The highest BCUT2D eigenvalue weighted by Gasteiger charge is 2.13. The van der Waals surface area contributed by atoms with Crippen molar-refractivity contribution in [1.82, 2.24) is 25.0 Å². The number of hydrogen-bond acceptors (Lipinski definition) is 4. The molecule has 1 amide bonds.